The van der Waals surface area contributed by atoms with E-state index in [-0.39, 0.29) is 30.7 Å². The monoisotopic (exact) mass is 336 g/mol. The summed E-state index contributed by atoms with van der Waals surface area (Å²) < 4.78 is 19.1. The molecule has 1 aromatic rings. The number of carbonyl (C=O) groups excluding carboxylic acids is 1. The van der Waals surface area contributed by atoms with Crippen LogP contribution in [0.5, 0.6) is 5.75 Å². The minimum Gasteiger partial charge on any atom is -0.495 e. The number of nitrogens with zero attached hydrogens (tertiary/aromatic N) is 1. The van der Waals surface area contributed by atoms with Gasteiger partial charge in [-0.05, 0) is 37.8 Å². The molecule has 1 saturated heterocycles. The van der Waals surface area contributed by atoms with Crippen molar-refractivity contribution in [3.8, 4) is 5.75 Å². The highest BCUT2D eigenvalue weighted by Crippen LogP contribution is 2.41. The van der Waals surface area contributed by atoms with Crippen molar-refractivity contribution in [1.29, 1.82) is 0 Å². The summed E-state index contributed by atoms with van der Waals surface area (Å²) in [7, 11) is 1.67. The van der Waals surface area contributed by atoms with Gasteiger partial charge in [0, 0.05) is 25.0 Å². The number of nitrogens with one attached hydrogen (secondary N) is 1. The number of aliphatic hydroxyl groups excluding tert-OH is 1. The lowest BCUT2D eigenvalue weighted by Gasteiger charge is -2.40. The highest BCUT2D eigenvalue weighted by atomic mass is 19.1. The Bertz CT molecular complexity index is 581. The van der Waals surface area contributed by atoms with Gasteiger partial charge in [-0.1, -0.05) is 12.1 Å². The van der Waals surface area contributed by atoms with Crippen molar-refractivity contribution < 1.29 is 19.0 Å². The van der Waals surface area contributed by atoms with Crippen molar-refractivity contribution in [1.82, 2.24) is 5.32 Å². The van der Waals surface area contributed by atoms with Crippen LogP contribution in [0.2, 0.25) is 0 Å². The van der Waals surface area contributed by atoms with E-state index in [0.29, 0.717) is 0 Å². The smallest absolute Gasteiger partial charge is 0.223 e. The summed E-state index contributed by atoms with van der Waals surface area (Å²) in [6.07, 6.45) is 1.99. The van der Waals surface area contributed by atoms with Crippen LogP contribution in [0.3, 0.4) is 0 Å². The van der Waals surface area contributed by atoms with Gasteiger partial charge in [-0.3, -0.25) is 4.79 Å². The van der Waals surface area contributed by atoms with Crippen LogP contribution in [-0.2, 0) is 4.79 Å². The Kier molecular flexibility index (Phi) is 4.94. The van der Waals surface area contributed by atoms with E-state index in [4.69, 9.17) is 9.84 Å². The molecule has 0 unspecified atom stereocenters. The summed E-state index contributed by atoms with van der Waals surface area (Å²) in [5.41, 5.74) is -0.469. The maximum Gasteiger partial charge on any atom is 0.223 e. The average molecular weight is 336 g/mol. The number of anilines is 1. The standard InChI is InChI=1S/C18H25FN2O3/c1-24-16-5-3-2-4-15(16)21-8-6-14(7-9-21)20-17(23)13-10-18(19,11-13)12-22/h2-5,13-14,22H,6-12H2,1H3,(H,20,23). The Balaban J connectivity index is 1.48. The number of ether oxygens (including phenoxy) is 1. The highest BCUT2D eigenvalue weighted by Gasteiger charge is 2.47. The van der Waals surface area contributed by atoms with E-state index < -0.39 is 12.3 Å². The molecule has 1 amide bonds. The third-order valence-corrected chi connectivity index (χ3v) is 5.15. The largest absolute Gasteiger partial charge is 0.495 e. The number of para-hydroxylation sites is 2. The molecule has 5 nitrogen and oxygen atoms in total. The first-order valence-electron chi connectivity index (χ1n) is 8.53. The van der Waals surface area contributed by atoms with Crippen LogP contribution in [0.25, 0.3) is 0 Å². The molecule has 6 heteroatoms. The molecule has 2 fully saturated rings. The third-order valence-electron chi connectivity index (χ3n) is 5.15. The second-order valence-corrected chi connectivity index (χ2v) is 6.86. The zero-order valence-electron chi connectivity index (χ0n) is 14.0. The van der Waals surface area contributed by atoms with Gasteiger partial charge in [0.15, 0.2) is 0 Å². The summed E-state index contributed by atoms with van der Waals surface area (Å²) in [5.74, 6) is 0.486. The van der Waals surface area contributed by atoms with Crippen molar-refractivity contribution in [2.24, 2.45) is 5.92 Å². The SMILES string of the molecule is COc1ccccc1N1CCC(NC(=O)C2CC(F)(CO)C2)CC1. The summed E-state index contributed by atoms with van der Waals surface area (Å²) in [6, 6.07) is 8.07. The number of hydrogen-bond donors (Lipinski definition) is 2. The van der Waals surface area contributed by atoms with E-state index in [2.05, 4.69) is 10.2 Å². The van der Waals surface area contributed by atoms with Crippen LogP contribution in [-0.4, -0.2) is 49.5 Å². The van der Waals surface area contributed by atoms with Crippen LogP contribution in [0, 0.1) is 5.92 Å². The predicted octanol–water partition coefficient (Wildman–Crippen LogP) is 1.89. The molecule has 2 N–H and O–H groups in total. The zero-order valence-corrected chi connectivity index (χ0v) is 14.0. The van der Waals surface area contributed by atoms with Crippen molar-refractivity contribution in [3.63, 3.8) is 0 Å². The summed E-state index contributed by atoms with van der Waals surface area (Å²) >= 11 is 0. The third kappa shape index (κ3) is 3.48. The summed E-state index contributed by atoms with van der Waals surface area (Å²) in [4.78, 5) is 14.4. The normalized spacial score (nSPS) is 27.5. The lowest BCUT2D eigenvalue weighted by atomic mass is 9.72. The summed E-state index contributed by atoms with van der Waals surface area (Å²) in [6.45, 7) is 1.20. The average Bonchev–Trinajstić information content (AvgIpc) is 2.59. The zero-order chi connectivity index (χ0) is 17.2. The van der Waals surface area contributed by atoms with Gasteiger partial charge in [-0.2, -0.15) is 0 Å². The van der Waals surface area contributed by atoms with Gasteiger partial charge in [0.2, 0.25) is 5.91 Å². The van der Waals surface area contributed by atoms with Gasteiger partial charge >= 0.3 is 0 Å². The molecule has 0 radical (unpaired) electrons. The van der Waals surface area contributed by atoms with Crippen LogP contribution in [0.1, 0.15) is 25.7 Å². The van der Waals surface area contributed by atoms with Crippen molar-refractivity contribution >= 4 is 11.6 Å². The highest BCUT2D eigenvalue weighted by molar-refractivity contribution is 5.80. The van der Waals surface area contributed by atoms with Gasteiger partial charge in [0.05, 0.1) is 19.4 Å². The van der Waals surface area contributed by atoms with Crippen molar-refractivity contribution in [3.05, 3.63) is 24.3 Å². The molecule has 0 spiro atoms. The number of hydrogen-bond acceptors (Lipinski definition) is 4. The van der Waals surface area contributed by atoms with Gasteiger partial charge in [-0.15, -0.1) is 0 Å². The fourth-order valence-electron chi connectivity index (χ4n) is 3.61. The minimum absolute atomic E-state index is 0.0764. The first-order valence-corrected chi connectivity index (χ1v) is 8.53. The Morgan fingerprint density at radius 1 is 1.38 bits per heavy atom. The molecular formula is C18H25FN2O3. The van der Waals surface area contributed by atoms with Crippen LogP contribution >= 0.6 is 0 Å². The van der Waals surface area contributed by atoms with E-state index in [0.717, 1.165) is 37.4 Å². The topological polar surface area (TPSA) is 61.8 Å². The lowest BCUT2D eigenvalue weighted by Crippen LogP contribution is -2.53. The molecule has 0 bridgehead atoms. The van der Waals surface area contributed by atoms with E-state index in [1.807, 2.05) is 24.3 Å². The predicted molar refractivity (Wildman–Crippen MR) is 90.0 cm³/mol. The molecule has 24 heavy (non-hydrogen) atoms. The Labute approximate surface area is 141 Å². The molecule has 1 aliphatic carbocycles. The lowest BCUT2D eigenvalue weighted by molar-refractivity contribution is -0.137. The van der Waals surface area contributed by atoms with Crippen molar-refractivity contribution in [2.75, 3.05) is 31.7 Å². The van der Waals surface area contributed by atoms with Crippen LogP contribution < -0.4 is 15.0 Å². The Morgan fingerprint density at radius 3 is 2.67 bits per heavy atom. The van der Waals surface area contributed by atoms with E-state index in [1.165, 1.54) is 0 Å². The van der Waals surface area contributed by atoms with E-state index in [9.17, 15) is 9.18 Å². The number of benzene rings is 1. The Morgan fingerprint density at radius 2 is 2.04 bits per heavy atom. The first-order chi connectivity index (χ1) is 11.5. The van der Waals surface area contributed by atoms with Crippen LogP contribution in [0.15, 0.2) is 24.3 Å². The number of piperidine rings is 1. The Hall–Kier alpha value is -1.82. The number of carbonyl (C=O) groups is 1. The number of aliphatic hydroxyl groups is 1. The second-order valence-electron chi connectivity index (χ2n) is 6.86. The molecule has 1 heterocycles. The fourth-order valence-corrected chi connectivity index (χ4v) is 3.61. The van der Waals surface area contributed by atoms with Gasteiger partial charge in [0.25, 0.3) is 0 Å². The maximum absolute atomic E-state index is 13.7. The quantitative estimate of drug-likeness (QED) is 0.862. The number of halogens is 1. The number of methoxy groups -OCH3 is 1. The van der Waals surface area contributed by atoms with Crippen LogP contribution in [0.4, 0.5) is 10.1 Å². The fraction of sp³-hybridized carbons (Fsp3) is 0.611. The molecule has 132 valence electrons. The van der Waals surface area contributed by atoms with Gasteiger partial charge in [-0.25, -0.2) is 4.39 Å². The molecule has 1 aliphatic heterocycles. The summed E-state index contributed by atoms with van der Waals surface area (Å²) in [5, 5.41) is 12.0. The van der Waals surface area contributed by atoms with E-state index >= 15 is 0 Å². The maximum atomic E-state index is 13.7. The number of alkyl halides is 1. The van der Waals surface area contributed by atoms with E-state index in [1.54, 1.807) is 7.11 Å². The molecule has 1 saturated carbocycles. The molecule has 3 rings (SSSR count). The first kappa shape index (κ1) is 17.0. The molecule has 0 atom stereocenters. The number of amides is 1. The minimum atomic E-state index is -1.55. The molecule has 2 aliphatic rings. The van der Waals surface area contributed by atoms with Gasteiger partial charge in [0.1, 0.15) is 11.4 Å². The second kappa shape index (κ2) is 6.97. The number of rotatable bonds is 5. The molecular weight excluding hydrogens is 311 g/mol. The molecule has 0 aromatic heterocycles. The van der Waals surface area contributed by atoms with Crippen molar-refractivity contribution in [2.45, 2.75) is 37.4 Å². The van der Waals surface area contributed by atoms with Gasteiger partial charge < -0.3 is 20.1 Å². The molecule has 1 aromatic carbocycles.